The fourth-order valence-electron chi connectivity index (χ4n) is 2.57. The van der Waals surface area contributed by atoms with Crippen LogP contribution < -0.4 is 5.73 Å². The highest BCUT2D eigenvalue weighted by atomic mass is 32.1. The van der Waals surface area contributed by atoms with Gasteiger partial charge in [0.15, 0.2) is 0 Å². The van der Waals surface area contributed by atoms with Gasteiger partial charge in [0.25, 0.3) is 0 Å². The highest BCUT2D eigenvalue weighted by Gasteiger charge is 2.12. The Labute approximate surface area is 125 Å². The molecule has 0 aliphatic carbocycles. The van der Waals surface area contributed by atoms with E-state index in [9.17, 15) is 4.39 Å². The fraction of sp³-hybridized carbons (Fsp3) is 0.533. The predicted molar refractivity (Wildman–Crippen MR) is 84.3 cm³/mol. The molecule has 1 aromatic rings. The average Bonchev–Trinajstić information content (AvgIpc) is 2.91. The minimum absolute atomic E-state index is 0.115. The van der Waals surface area contributed by atoms with Crippen molar-refractivity contribution in [2.45, 2.75) is 19.4 Å². The van der Waals surface area contributed by atoms with E-state index in [-0.39, 0.29) is 10.8 Å². The zero-order chi connectivity index (χ0) is 14.5. The maximum Gasteiger partial charge on any atom is 0.133 e. The summed E-state index contributed by atoms with van der Waals surface area (Å²) in [5, 5.41) is 0. The van der Waals surface area contributed by atoms with Gasteiger partial charge in [0.2, 0.25) is 0 Å². The van der Waals surface area contributed by atoms with Gasteiger partial charge in [-0.1, -0.05) is 18.3 Å². The van der Waals surface area contributed by atoms with Gasteiger partial charge < -0.3 is 15.5 Å². The quantitative estimate of drug-likeness (QED) is 0.814. The summed E-state index contributed by atoms with van der Waals surface area (Å²) in [7, 11) is 2.08. The van der Waals surface area contributed by atoms with Crippen LogP contribution in [0.1, 0.15) is 24.0 Å². The van der Waals surface area contributed by atoms with Crippen LogP contribution >= 0.6 is 12.2 Å². The minimum atomic E-state index is -0.346. The van der Waals surface area contributed by atoms with Crippen molar-refractivity contribution in [3.8, 4) is 0 Å². The van der Waals surface area contributed by atoms with Gasteiger partial charge in [-0.25, -0.2) is 4.39 Å². The Bertz CT molecular complexity index is 472. The molecule has 0 unspecified atom stereocenters. The summed E-state index contributed by atoms with van der Waals surface area (Å²) in [6, 6.07) is 4.99. The number of hydrogen-bond acceptors (Lipinski definition) is 3. The van der Waals surface area contributed by atoms with Gasteiger partial charge in [0.1, 0.15) is 10.8 Å². The van der Waals surface area contributed by atoms with E-state index in [1.54, 1.807) is 12.1 Å². The van der Waals surface area contributed by atoms with Crippen LogP contribution in [0.15, 0.2) is 18.2 Å². The van der Waals surface area contributed by atoms with Crippen molar-refractivity contribution in [2.24, 2.45) is 5.73 Å². The number of nitrogens with zero attached hydrogens (tertiary/aromatic N) is 2. The molecule has 110 valence electrons. The van der Waals surface area contributed by atoms with E-state index in [4.69, 9.17) is 18.0 Å². The normalized spacial score (nSPS) is 15.9. The van der Waals surface area contributed by atoms with E-state index >= 15 is 0 Å². The van der Waals surface area contributed by atoms with Crippen LogP contribution in [-0.2, 0) is 6.54 Å². The molecule has 1 fully saturated rings. The molecule has 0 aromatic heterocycles. The van der Waals surface area contributed by atoms with E-state index in [0.717, 1.165) is 25.2 Å². The number of rotatable bonds is 6. The first-order valence-electron chi connectivity index (χ1n) is 7.05. The molecule has 0 radical (unpaired) electrons. The lowest BCUT2D eigenvalue weighted by Gasteiger charge is -2.21. The number of thiocarbonyl (C=S) groups is 1. The molecule has 1 aliphatic rings. The van der Waals surface area contributed by atoms with Gasteiger partial charge in [0.05, 0.1) is 0 Å². The Morgan fingerprint density at radius 1 is 1.40 bits per heavy atom. The lowest BCUT2D eigenvalue weighted by molar-refractivity contribution is 0.252. The van der Waals surface area contributed by atoms with Crippen molar-refractivity contribution in [1.29, 1.82) is 0 Å². The Kier molecular flexibility index (Phi) is 5.46. The molecule has 2 rings (SSSR count). The molecule has 0 spiro atoms. The van der Waals surface area contributed by atoms with Crippen molar-refractivity contribution in [3.63, 3.8) is 0 Å². The minimum Gasteiger partial charge on any atom is -0.389 e. The number of halogens is 1. The molecule has 0 amide bonds. The molecule has 2 N–H and O–H groups in total. The highest BCUT2D eigenvalue weighted by molar-refractivity contribution is 7.80. The van der Waals surface area contributed by atoms with Gasteiger partial charge >= 0.3 is 0 Å². The van der Waals surface area contributed by atoms with E-state index in [1.165, 1.54) is 32.0 Å². The van der Waals surface area contributed by atoms with Gasteiger partial charge in [-0.2, -0.15) is 0 Å². The molecular weight excluding hydrogens is 273 g/mol. The van der Waals surface area contributed by atoms with Gasteiger partial charge in [0, 0.05) is 25.2 Å². The second-order valence-electron chi connectivity index (χ2n) is 5.46. The third-order valence-corrected chi connectivity index (χ3v) is 3.97. The van der Waals surface area contributed by atoms with Crippen LogP contribution in [-0.4, -0.2) is 48.0 Å². The van der Waals surface area contributed by atoms with Crippen LogP contribution in [0.2, 0.25) is 0 Å². The summed E-state index contributed by atoms with van der Waals surface area (Å²) in [4.78, 5) is 4.85. The summed E-state index contributed by atoms with van der Waals surface area (Å²) in [5.41, 5.74) is 6.91. The first-order valence-corrected chi connectivity index (χ1v) is 7.46. The average molecular weight is 295 g/mol. The molecule has 0 saturated carbocycles. The van der Waals surface area contributed by atoms with Crippen molar-refractivity contribution in [2.75, 3.05) is 33.2 Å². The summed E-state index contributed by atoms with van der Waals surface area (Å²) >= 11 is 4.86. The Morgan fingerprint density at radius 3 is 2.75 bits per heavy atom. The first kappa shape index (κ1) is 15.4. The van der Waals surface area contributed by atoms with Crippen LogP contribution in [0.3, 0.4) is 0 Å². The number of hydrogen-bond donors (Lipinski definition) is 1. The Hall–Kier alpha value is -1.04. The Morgan fingerprint density at radius 2 is 2.10 bits per heavy atom. The monoisotopic (exact) mass is 295 g/mol. The van der Waals surface area contributed by atoms with E-state index in [0.29, 0.717) is 5.56 Å². The second-order valence-corrected chi connectivity index (χ2v) is 5.90. The summed E-state index contributed by atoms with van der Waals surface area (Å²) in [6.45, 7) is 5.33. The van der Waals surface area contributed by atoms with Crippen LogP contribution in [0, 0.1) is 5.82 Å². The fourth-order valence-corrected chi connectivity index (χ4v) is 2.73. The molecule has 1 aromatic carbocycles. The van der Waals surface area contributed by atoms with E-state index in [1.807, 2.05) is 0 Å². The van der Waals surface area contributed by atoms with Crippen LogP contribution in [0.4, 0.5) is 4.39 Å². The number of likely N-dealkylation sites (N-methyl/N-ethyl adjacent to an activating group) is 1. The highest BCUT2D eigenvalue weighted by Crippen LogP contribution is 2.13. The lowest BCUT2D eigenvalue weighted by Crippen LogP contribution is -2.31. The smallest absolute Gasteiger partial charge is 0.133 e. The SMILES string of the molecule is CN(CCN1CCCC1)Cc1ccc(F)c(C(N)=S)c1. The molecule has 5 heteroatoms. The molecule has 1 saturated heterocycles. The molecule has 1 aliphatic heterocycles. The van der Waals surface area contributed by atoms with Gasteiger partial charge in [-0.05, 0) is 50.7 Å². The lowest BCUT2D eigenvalue weighted by atomic mass is 10.1. The van der Waals surface area contributed by atoms with Crippen molar-refractivity contribution < 1.29 is 4.39 Å². The number of likely N-dealkylation sites (tertiary alicyclic amines) is 1. The standard InChI is InChI=1S/C15H22FN3S/c1-18(8-9-19-6-2-3-7-19)11-12-4-5-14(16)13(10-12)15(17)20/h4-5,10H,2-3,6-9,11H2,1H3,(H2,17,20). The summed E-state index contributed by atoms with van der Waals surface area (Å²) in [6.07, 6.45) is 2.64. The number of benzene rings is 1. The third-order valence-electron chi connectivity index (χ3n) is 3.75. The summed E-state index contributed by atoms with van der Waals surface area (Å²) < 4.78 is 13.5. The Balaban J connectivity index is 1.88. The third kappa shape index (κ3) is 4.23. The maximum absolute atomic E-state index is 13.5. The molecule has 0 atom stereocenters. The van der Waals surface area contributed by atoms with E-state index in [2.05, 4.69) is 16.8 Å². The predicted octanol–water partition coefficient (Wildman–Crippen LogP) is 1.99. The zero-order valence-corrected chi connectivity index (χ0v) is 12.8. The van der Waals surface area contributed by atoms with Crippen LogP contribution in [0.5, 0.6) is 0 Å². The van der Waals surface area contributed by atoms with Crippen molar-refractivity contribution in [3.05, 3.63) is 35.1 Å². The molecule has 0 bridgehead atoms. The summed E-state index contributed by atoms with van der Waals surface area (Å²) in [5.74, 6) is -0.346. The van der Waals surface area contributed by atoms with E-state index < -0.39 is 0 Å². The second kappa shape index (κ2) is 7.11. The topological polar surface area (TPSA) is 32.5 Å². The maximum atomic E-state index is 13.5. The van der Waals surface area contributed by atoms with Crippen molar-refractivity contribution >= 4 is 17.2 Å². The molecular formula is C15H22FN3S. The first-order chi connectivity index (χ1) is 9.56. The van der Waals surface area contributed by atoms with Gasteiger partial charge in [-0.15, -0.1) is 0 Å². The molecule has 20 heavy (non-hydrogen) atoms. The number of nitrogens with two attached hydrogens (primary N) is 1. The van der Waals surface area contributed by atoms with Gasteiger partial charge in [-0.3, -0.25) is 0 Å². The molecule has 3 nitrogen and oxygen atoms in total. The largest absolute Gasteiger partial charge is 0.389 e. The zero-order valence-electron chi connectivity index (χ0n) is 11.9. The van der Waals surface area contributed by atoms with Crippen LogP contribution in [0.25, 0.3) is 0 Å². The van der Waals surface area contributed by atoms with Crippen molar-refractivity contribution in [1.82, 2.24) is 9.80 Å². The molecule has 1 heterocycles.